The third kappa shape index (κ3) is 5.02. The van der Waals surface area contributed by atoms with E-state index in [1.807, 2.05) is 0 Å². The fourth-order valence-electron chi connectivity index (χ4n) is 3.43. The zero-order valence-electron chi connectivity index (χ0n) is 11.8. The van der Waals surface area contributed by atoms with Crippen molar-refractivity contribution >= 4 is 10.0 Å². The predicted molar refractivity (Wildman–Crippen MR) is 77.6 cm³/mol. The van der Waals surface area contributed by atoms with Crippen LogP contribution in [0.1, 0.15) is 38.5 Å². The fourth-order valence-corrected chi connectivity index (χ4v) is 3.95. The Bertz CT molecular complexity index is 366. The second kappa shape index (κ2) is 7.02. The smallest absolute Gasteiger partial charge is 0.208 e. The molecule has 19 heavy (non-hydrogen) atoms. The lowest BCUT2D eigenvalue weighted by molar-refractivity contribution is 0.320. The molecule has 0 spiro atoms. The summed E-state index contributed by atoms with van der Waals surface area (Å²) < 4.78 is 24.4. The molecule has 3 N–H and O–H groups in total. The minimum absolute atomic E-state index is 0.533. The highest BCUT2D eigenvalue weighted by Gasteiger charge is 2.34. The molecule has 1 aliphatic heterocycles. The van der Waals surface area contributed by atoms with E-state index in [4.69, 9.17) is 0 Å². The Morgan fingerprint density at radius 2 is 2.00 bits per heavy atom. The summed E-state index contributed by atoms with van der Waals surface area (Å²) in [6.45, 7) is 2.60. The summed E-state index contributed by atoms with van der Waals surface area (Å²) in [6.07, 6.45) is 8.61. The molecule has 3 unspecified atom stereocenters. The predicted octanol–water partition coefficient (Wildman–Crippen LogP) is 0.436. The Kier molecular flexibility index (Phi) is 5.62. The van der Waals surface area contributed by atoms with Gasteiger partial charge in [-0.05, 0) is 51.1 Å². The van der Waals surface area contributed by atoms with Gasteiger partial charge in [0.15, 0.2) is 0 Å². The Hall–Kier alpha value is -0.170. The van der Waals surface area contributed by atoms with Gasteiger partial charge in [0.1, 0.15) is 0 Å². The van der Waals surface area contributed by atoms with Crippen LogP contribution >= 0.6 is 0 Å². The van der Waals surface area contributed by atoms with Crippen molar-refractivity contribution in [1.29, 1.82) is 0 Å². The van der Waals surface area contributed by atoms with Crippen molar-refractivity contribution in [2.75, 3.05) is 25.9 Å². The van der Waals surface area contributed by atoms with Crippen molar-refractivity contribution < 1.29 is 8.42 Å². The van der Waals surface area contributed by atoms with Crippen molar-refractivity contribution in [2.24, 2.45) is 5.92 Å². The third-order valence-corrected chi connectivity index (χ3v) is 5.04. The molecule has 0 radical (unpaired) electrons. The van der Waals surface area contributed by atoms with Crippen LogP contribution in [0.5, 0.6) is 0 Å². The molecule has 0 aromatic rings. The van der Waals surface area contributed by atoms with Crippen LogP contribution in [0.25, 0.3) is 0 Å². The quantitative estimate of drug-likeness (QED) is 0.595. The highest BCUT2D eigenvalue weighted by Crippen LogP contribution is 2.31. The lowest BCUT2D eigenvalue weighted by Gasteiger charge is -2.26. The lowest BCUT2D eigenvalue weighted by Crippen LogP contribution is -2.42. The molecule has 1 saturated heterocycles. The van der Waals surface area contributed by atoms with Crippen molar-refractivity contribution in [3.63, 3.8) is 0 Å². The highest BCUT2D eigenvalue weighted by atomic mass is 32.2. The van der Waals surface area contributed by atoms with Gasteiger partial charge in [-0.15, -0.1) is 0 Å². The van der Waals surface area contributed by atoms with E-state index in [-0.39, 0.29) is 0 Å². The first-order valence-electron chi connectivity index (χ1n) is 7.48. The van der Waals surface area contributed by atoms with E-state index in [9.17, 15) is 8.42 Å². The van der Waals surface area contributed by atoms with E-state index in [1.165, 1.54) is 44.9 Å². The molecule has 6 heteroatoms. The molecule has 1 heterocycles. The molecule has 0 bridgehead atoms. The normalized spacial score (nSPS) is 31.9. The molecule has 0 aromatic heterocycles. The van der Waals surface area contributed by atoms with Crippen molar-refractivity contribution in [1.82, 2.24) is 15.4 Å². The van der Waals surface area contributed by atoms with E-state index in [2.05, 4.69) is 15.4 Å². The van der Waals surface area contributed by atoms with Crippen LogP contribution in [0.2, 0.25) is 0 Å². The number of hydrogen-bond donors (Lipinski definition) is 3. The maximum atomic E-state index is 10.9. The van der Waals surface area contributed by atoms with Crippen LogP contribution in [0.4, 0.5) is 0 Å². The average molecular weight is 289 g/mol. The molecule has 112 valence electrons. The first-order chi connectivity index (χ1) is 9.06. The average Bonchev–Trinajstić information content (AvgIpc) is 2.96. The zero-order valence-corrected chi connectivity index (χ0v) is 12.6. The van der Waals surface area contributed by atoms with Gasteiger partial charge in [-0.2, -0.15) is 0 Å². The first-order valence-corrected chi connectivity index (χ1v) is 9.37. The standard InChI is InChI=1S/C13H27N3O2S/c1-19(17,18)16-10-4-9-15-12-6-2-5-11(12)13-7-3-8-14-13/h11-16H,2-10H2,1H3. The first kappa shape index (κ1) is 15.2. The van der Waals surface area contributed by atoms with Gasteiger partial charge in [-0.25, -0.2) is 13.1 Å². The van der Waals surface area contributed by atoms with Gasteiger partial charge in [-0.1, -0.05) is 6.42 Å². The fraction of sp³-hybridized carbons (Fsp3) is 1.00. The van der Waals surface area contributed by atoms with Crippen LogP contribution < -0.4 is 15.4 Å². The molecule has 0 amide bonds. The van der Waals surface area contributed by atoms with Gasteiger partial charge in [0.05, 0.1) is 6.26 Å². The van der Waals surface area contributed by atoms with Crippen molar-refractivity contribution in [2.45, 2.75) is 50.6 Å². The lowest BCUT2D eigenvalue weighted by atomic mass is 9.93. The summed E-state index contributed by atoms with van der Waals surface area (Å²) in [6, 6.07) is 1.32. The van der Waals surface area contributed by atoms with Gasteiger partial charge in [0, 0.05) is 18.6 Å². The van der Waals surface area contributed by atoms with Crippen LogP contribution in [0, 0.1) is 5.92 Å². The Morgan fingerprint density at radius 3 is 2.68 bits per heavy atom. The van der Waals surface area contributed by atoms with Gasteiger partial charge >= 0.3 is 0 Å². The van der Waals surface area contributed by atoms with Gasteiger partial charge in [0.2, 0.25) is 10.0 Å². The minimum Gasteiger partial charge on any atom is -0.314 e. The molecule has 2 aliphatic rings. The molecule has 3 atom stereocenters. The van der Waals surface area contributed by atoms with Crippen LogP contribution in [0.3, 0.4) is 0 Å². The maximum absolute atomic E-state index is 10.9. The molecule has 2 rings (SSSR count). The zero-order chi connectivity index (χ0) is 13.7. The van der Waals surface area contributed by atoms with Crippen molar-refractivity contribution in [3.05, 3.63) is 0 Å². The number of hydrogen-bond acceptors (Lipinski definition) is 4. The summed E-state index contributed by atoms with van der Waals surface area (Å²) in [7, 11) is -3.04. The van der Waals surface area contributed by atoms with Crippen molar-refractivity contribution in [3.8, 4) is 0 Å². The van der Waals surface area contributed by atoms with Crippen LogP contribution in [-0.2, 0) is 10.0 Å². The molecule has 2 fully saturated rings. The molecule has 1 saturated carbocycles. The van der Waals surface area contributed by atoms with E-state index in [0.717, 1.165) is 18.9 Å². The number of rotatable bonds is 7. The molecule has 1 aliphatic carbocycles. The SMILES string of the molecule is CS(=O)(=O)NCCCNC1CCCC1C1CCCN1. The summed E-state index contributed by atoms with van der Waals surface area (Å²) in [5, 5.41) is 7.24. The van der Waals surface area contributed by atoms with Gasteiger partial charge < -0.3 is 10.6 Å². The minimum atomic E-state index is -3.04. The Labute approximate surface area is 117 Å². The molecular formula is C13H27N3O2S. The van der Waals surface area contributed by atoms with Crippen LogP contribution in [-0.4, -0.2) is 46.4 Å². The third-order valence-electron chi connectivity index (χ3n) is 4.31. The second-order valence-electron chi connectivity index (χ2n) is 5.88. The van der Waals surface area contributed by atoms with Crippen LogP contribution in [0.15, 0.2) is 0 Å². The van der Waals surface area contributed by atoms with Gasteiger partial charge in [-0.3, -0.25) is 0 Å². The Balaban J connectivity index is 1.64. The van der Waals surface area contributed by atoms with E-state index < -0.39 is 10.0 Å². The van der Waals surface area contributed by atoms with Gasteiger partial charge in [0.25, 0.3) is 0 Å². The van der Waals surface area contributed by atoms with E-state index in [1.54, 1.807) is 0 Å². The topological polar surface area (TPSA) is 70.2 Å². The molecular weight excluding hydrogens is 262 g/mol. The summed E-state index contributed by atoms with van der Waals surface area (Å²) >= 11 is 0. The van der Waals surface area contributed by atoms with E-state index in [0.29, 0.717) is 18.6 Å². The van der Waals surface area contributed by atoms with E-state index >= 15 is 0 Å². The maximum Gasteiger partial charge on any atom is 0.208 e. The Morgan fingerprint density at radius 1 is 1.16 bits per heavy atom. The molecule has 5 nitrogen and oxygen atoms in total. The number of nitrogens with one attached hydrogen (secondary N) is 3. The second-order valence-corrected chi connectivity index (χ2v) is 7.71. The summed E-state index contributed by atoms with van der Waals surface area (Å²) in [5.41, 5.74) is 0. The number of sulfonamides is 1. The monoisotopic (exact) mass is 289 g/mol. The highest BCUT2D eigenvalue weighted by molar-refractivity contribution is 7.88. The largest absolute Gasteiger partial charge is 0.314 e. The molecule has 0 aromatic carbocycles. The summed E-state index contributed by atoms with van der Waals surface area (Å²) in [4.78, 5) is 0. The summed E-state index contributed by atoms with van der Waals surface area (Å²) in [5.74, 6) is 0.769.